The second-order valence-electron chi connectivity index (χ2n) is 5.81. The molecule has 1 atom stereocenters. The van der Waals surface area contributed by atoms with Crippen molar-refractivity contribution in [1.82, 2.24) is 15.1 Å². The predicted octanol–water partition coefficient (Wildman–Crippen LogP) is 1.81. The summed E-state index contributed by atoms with van der Waals surface area (Å²) >= 11 is 1.72. The number of nitrogens with one attached hydrogen (secondary N) is 1. The first-order valence-corrected chi connectivity index (χ1v) is 8.24. The molecule has 1 aliphatic rings. The van der Waals surface area contributed by atoms with Gasteiger partial charge in [-0.1, -0.05) is 13.8 Å². The number of thiophene rings is 1. The van der Waals surface area contributed by atoms with E-state index in [1.807, 2.05) is 13.8 Å². The van der Waals surface area contributed by atoms with Crippen molar-refractivity contribution >= 4 is 17.2 Å². The first-order valence-electron chi connectivity index (χ1n) is 7.30. The summed E-state index contributed by atoms with van der Waals surface area (Å²) in [6.45, 7) is 8.90. The average Bonchev–Trinajstić information content (AvgIpc) is 2.94. The van der Waals surface area contributed by atoms with Crippen LogP contribution in [0.15, 0.2) is 16.8 Å². The van der Waals surface area contributed by atoms with Gasteiger partial charge in [0, 0.05) is 38.6 Å². The van der Waals surface area contributed by atoms with E-state index in [1.54, 1.807) is 11.3 Å². The summed E-state index contributed by atoms with van der Waals surface area (Å²) in [6.07, 6.45) is 0. The number of likely N-dealkylation sites (N-methyl/N-ethyl adjacent to an activating group) is 1. The van der Waals surface area contributed by atoms with Crippen LogP contribution >= 0.6 is 11.3 Å². The molecule has 1 fully saturated rings. The van der Waals surface area contributed by atoms with Crippen LogP contribution < -0.4 is 5.32 Å². The number of amides is 1. The Morgan fingerprint density at radius 2 is 2.05 bits per heavy atom. The van der Waals surface area contributed by atoms with Crippen LogP contribution in [0.2, 0.25) is 0 Å². The zero-order chi connectivity index (χ0) is 14.5. The zero-order valence-corrected chi connectivity index (χ0v) is 13.4. The molecule has 20 heavy (non-hydrogen) atoms. The van der Waals surface area contributed by atoms with Crippen molar-refractivity contribution in [1.29, 1.82) is 0 Å². The number of rotatable bonds is 5. The van der Waals surface area contributed by atoms with E-state index in [0.717, 1.165) is 26.2 Å². The quantitative estimate of drug-likeness (QED) is 0.900. The maximum atomic E-state index is 11.8. The number of nitrogens with zero attached hydrogens (tertiary/aromatic N) is 2. The van der Waals surface area contributed by atoms with Crippen molar-refractivity contribution in [2.45, 2.75) is 19.9 Å². The lowest BCUT2D eigenvalue weighted by molar-refractivity contribution is -0.124. The summed E-state index contributed by atoms with van der Waals surface area (Å²) < 4.78 is 0. The van der Waals surface area contributed by atoms with Crippen LogP contribution in [0.4, 0.5) is 0 Å². The summed E-state index contributed by atoms with van der Waals surface area (Å²) in [5.41, 5.74) is 1.32. The van der Waals surface area contributed by atoms with Gasteiger partial charge in [0.05, 0.1) is 6.04 Å². The zero-order valence-electron chi connectivity index (χ0n) is 12.6. The van der Waals surface area contributed by atoms with Crippen LogP contribution in [0.25, 0.3) is 0 Å². The van der Waals surface area contributed by atoms with Gasteiger partial charge in [0.15, 0.2) is 0 Å². The largest absolute Gasteiger partial charge is 0.354 e. The lowest BCUT2D eigenvalue weighted by Crippen LogP contribution is -2.48. The minimum absolute atomic E-state index is 0.0469. The molecule has 1 amide bonds. The average molecular weight is 295 g/mol. The van der Waals surface area contributed by atoms with Gasteiger partial charge in [0.2, 0.25) is 5.91 Å². The van der Waals surface area contributed by atoms with E-state index in [9.17, 15) is 4.79 Å². The van der Waals surface area contributed by atoms with Crippen LogP contribution in [0.3, 0.4) is 0 Å². The third kappa shape index (κ3) is 4.04. The Morgan fingerprint density at radius 1 is 1.35 bits per heavy atom. The van der Waals surface area contributed by atoms with Crippen molar-refractivity contribution in [3.05, 3.63) is 22.4 Å². The van der Waals surface area contributed by atoms with E-state index in [4.69, 9.17) is 0 Å². The summed E-state index contributed by atoms with van der Waals surface area (Å²) in [7, 11) is 2.16. The molecule has 0 unspecified atom stereocenters. The molecule has 0 radical (unpaired) electrons. The second kappa shape index (κ2) is 7.20. The maximum absolute atomic E-state index is 11.8. The molecule has 0 bridgehead atoms. The van der Waals surface area contributed by atoms with E-state index in [2.05, 4.69) is 39.0 Å². The normalized spacial score (nSPS) is 19.2. The Bertz CT molecular complexity index is 411. The lowest BCUT2D eigenvalue weighted by atomic mass is 10.1. The highest BCUT2D eigenvalue weighted by Crippen LogP contribution is 2.23. The monoisotopic (exact) mass is 295 g/mol. The van der Waals surface area contributed by atoms with Gasteiger partial charge >= 0.3 is 0 Å². The number of hydrogen-bond acceptors (Lipinski definition) is 4. The van der Waals surface area contributed by atoms with Crippen LogP contribution in [0, 0.1) is 5.92 Å². The third-order valence-electron chi connectivity index (χ3n) is 3.90. The van der Waals surface area contributed by atoms with E-state index < -0.39 is 0 Å². The first-order chi connectivity index (χ1) is 9.58. The smallest absolute Gasteiger partial charge is 0.222 e. The van der Waals surface area contributed by atoms with Gasteiger partial charge in [0.1, 0.15) is 0 Å². The highest BCUT2D eigenvalue weighted by Gasteiger charge is 2.24. The summed E-state index contributed by atoms with van der Waals surface area (Å²) in [5.74, 6) is 0.185. The molecule has 0 aliphatic carbocycles. The van der Waals surface area contributed by atoms with Gasteiger partial charge < -0.3 is 10.2 Å². The van der Waals surface area contributed by atoms with Gasteiger partial charge in [-0.25, -0.2) is 0 Å². The molecule has 5 heteroatoms. The van der Waals surface area contributed by atoms with Gasteiger partial charge in [0.25, 0.3) is 0 Å². The molecule has 1 saturated heterocycles. The number of carbonyl (C=O) groups is 1. The van der Waals surface area contributed by atoms with Crippen LogP contribution in [0.5, 0.6) is 0 Å². The molecule has 2 heterocycles. The Labute approximate surface area is 125 Å². The number of carbonyl (C=O) groups excluding carboxylic acids is 1. The number of hydrogen-bond donors (Lipinski definition) is 1. The fourth-order valence-electron chi connectivity index (χ4n) is 2.46. The standard InChI is InChI=1S/C15H25N3OS/c1-12(2)15(19)16-10-14(13-4-9-20-11-13)18-7-5-17(3)6-8-18/h4,9,11-12,14H,5-8,10H2,1-3H3,(H,16,19)/t14-/m1/s1. The van der Waals surface area contributed by atoms with E-state index >= 15 is 0 Å². The Kier molecular flexibility index (Phi) is 5.57. The van der Waals surface area contributed by atoms with Crippen molar-refractivity contribution in [2.24, 2.45) is 5.92 Å². The maximum Gasteiger partial charge on any atom is 0.222 e. The highest BCUT2D eigenvalue weighted by atomic mass is 32.1. The molecule has 1 aliphatic heterocycles. The third-order valence-corrected chi connectivity index (χ3v) is 4.60. The van der Waals surface area contributed by atoms with Gasteiger partial charge in [-0.15, -0.1) is 0 Å². The molecule has 1 aromatic heterocycles. The molecule has 0 spiro atoms. The van der Waals surface area contributed by atoms with Crippen molar-refractivity contribution < 1.29 is 4.79 Å². The summed E-state index contributed by atoms with van der Waals surface area (Å²) in [5, 5.41) is 7.40. The SMILES string of the molecule is CC(C)C(=O)NC[C@H](c1ccsc1)N1CCN(C)CC1. The summed E-state index contributed by atoms with van der Waals surface area (Å²) in [6, 6.07) is 2.48. The molecule has 1 N–H and O–H groups in total. The van der Waals surface area contributed by atoms with Crippen LogP contribution in [-0.2, 0) is 4.79 Å². The molecule has 1 aromatic rings. The second-order valence-corrected chi connectivity index (χ2v) is 6.59. The van der Waals surface area contributed by atoms with Gasteiger partial charge in [-0.3, -0.25) is 9.69 Å². The highest BCUT2D eigenvalue weighted by molar-refractivity contribution is 7.07. The molecule has 0 aromatic carbocycles. The Hall–Kier alpha value is -0.910. The molecular formula is C15H25N3OS. The lowest BCUT2D eigenvalue weighted by Gasteiger charge is -2.38. The van der Waals surface area contributed by atoms with E-state index in [1.165, 1.54) is 5.56 Å². The van der Waals surface area contributed by atoms with E-state index in [-0.39, 0.29) is 11.8 Å². The van der Waals surface area contributed by atoms with Crippen molar-refractivity contribution in [3.8, 4) is 0 Å². The summed E-state index contributed by atoms with van der Waals surface area (Å²) in [4.78, 5) is 16.7. The molecule has 2 rings (SSSR count). The van der Waals surface area contributed by atoms with Crippen LogP contribution in [0.1, 0.15) is 25.5 Å². The fourth-order valence-corrected chi connectivity index (χ4v) is 3.16. The first kappa shape index (κ1) is 15.5. The minimum atomic E-state index is 0.0469. The van der Waals surface area contributed by atoms with Gasteiger partial charge in [-0.05, 0) is 29.4 Å². The molecule has 4 nitrogen and oxygen atoms in total. The molecule has 112 valence electrons. The molecule has 0 saturated carbocycles. The molecular weight excluding hydrogens is 270 g/mol. The Morgan fingerprint density at radius 3 is 2.60 bits per heavy atom. The van der Waals surface area contributed by atoms with Crippen molar-refractivity contribution in [3.63, 3.8) is 0 Å². The van der Waals surface area contributed by atoms with Crippen LogP contribution in [-0.4, -0.2) is 55.5 Å². The minimum Gasteiger partial charge on any atom is -0.354 e. The number of piperazine rings is 1. The topological polar surface area (TPSA) is 35.6 Å². The van der Waals surface area contributed by atoms with Gasteiger partial charge in [-0.2, -0.15) is 11.3 Å². The van der Waals surface area contributed by atoms with Crippen molar-refractivity contribution in [2.75, 3.05) is 39.8 Å². The van der Waals surface area contributed by atoms with E-state index in [0.29, 0.717) is 12.6 Å². The predicted molar refractivity (Wildman–Crippen MR) is 84.0 cm³/mol. The Balaban J connectivity index is 2.00. The fraction of sp³-hybridized carbons (Fsp3) is 0.667.